The van der Waals surface area contributed by atoms with Gasteiger partial charge in [0.05, 0.1) is 23.5 Å². The van der Waals surface area contributed by atoms with Crippen molar-refractivity contribution in [1.29, 1.82) is 0 Å². The van der Waals surface area contributed by atoms with E-state index in [0.29, 0.717) is 21.5 Å². The molecule has 0 saturated carbocycles. The third kappa shape index (κ3) is 5.58. The van der Waals surface area contributed by atoms with Gasteiger partial charge in [0.1, 0.15) is 12.4 Å². The summed E-state index contributed by atoms with van der Waals surface area (Å²) in [4.78, 5) is 36.9. The average molecular weight is 573 g/mol. The van der Waals surface area contributed by atoms with Gasteiger partial charge >= 0.3 is 0 Å². The standard InChI is InChI=1S/C25H18BrFN2O6S/c1-34-21-10-17(19(26)12-22(21)35-14-15-6-8-18(9-7-15)29(32)33)11-23-24(30)28(25(31)36-23)13-16-4-2-3-5-20(16)27/h2-12H,13-14H2,1H3/b23-11-. The van der Waals surface area contributed by atoms with Crippen molar-refractivity contribution in [1.82, 2.24) is 4.90 Å². The normalized spacial score (nSPS) is 14.4. The maximum Gasteiger partial charge on any atom is 0.293 e. The second-order valence-electron chi connectivity index (χ2n) is 7.60. The van der Waals surface area contributed by atoms with Crippen LogP contribution in [0, 0.1) is 15.9 Å². The Labute approximate surface area is 218 Å². The Kier molecular flexibility index (Phi) is 7.70. The van der Waals surface area contributed by atoms with Gasteiger partial charge in [-0.25, -0.2) is 4.39 Å². The third-order valence-electron chi connectivity index (χ3n) is 5.27. The van der Waals surface area contributed by atoms with Crippen LogP contribution in [0.2, 0.25) is 0 Å². The first kappa shape index (κ1) is 25.4. The Morgan fingerprint density at radius 3 is 2.50 bits per heavy atom. The first-order chi connectivity index (χ1) is 17.3. The Bertz CT molecular complexity index is 1380. The molecule has 3 aromatic carbocycles. The number of nitrogens with zero attached hydrogens (tertiary/aromatic N) is 2. The lowest BCUT2D eigenvalue weighted by molar-refractivity contribution is -0.384. The van der Waals surface area contributed by atoms with Gasteiger partial charge in [-0.15, -0.1) is 0 Å². The van der Waals surface area contributed by atoms with Crippen LogP contribution in [0.25, 0.3) is 6.08 Å². The number of nitro benzene ring substituents is 1. The molecule has 0 aliphatic carbocycles. The largest absolute Gasteiger partial charge is 0.493 e. The van der Waals surface area contributed by atoms with E-state index in [2.05, 4.69) is 15.9 Å². The fourth-order valence-electron chi connectivity index (χ4n) is 3.38. The summed E-state index contributed by atoms with van der Waals surface area (Å²) in [7, 11) is 1.47. The summed E-state index contributed by atoms with van der Waals surface area (Å²) in [5, 5.41) is 10.3. The van der Waals surface area contributed by atoms with Crippen LogP contribution in [0.4, 0.5) is 14.9 Å². The predicted molar refractivity (Wildman–Crippen MR) is 136 cm³/mol. The molecule has 0 bridgehead atoms. The molecule has 4 rings (SSSR count). The highest BCUT2D eigenvalue weighted by Gasteiger charge is 2.35. The lowest BCUT2D eigenvalue weighted by atomic mass is 10.1. The summed E-state index contributed by atoms with van der Waals surface area (Å²) in [5.74, 6) is -0.209. The average Bonchev–Trinajstić information content (AvgIpc) is 3.12. The molecule has 0 atom stereocenters. The number of imide groups is 1. The summed E-state index contributed by atoms with van der Waals surface area (Å²) in [6, 6.07) is 15.3. The SMILES string of the molecule is COc1cc(/C=C2\SC(=O)N(Cc3ccccc3F)C2=O)c(Br)cc1OCc1ccc([N+](=O)[O-])cc1. The monoisotopic (exact) mass is 572 g/mol. The number of methoxy groups -OCH3 is 1. The van der Waals surface area contributed by atoms with Gasteiger partial charge < -0.3 is 9.47 Å². The maximum absolute atomic E-state index is 14.0. The van der Waals surface area contributed by atoms with Crippen LogP contribution in [0.5, 0.6) is 11.5 Å². The number of amides is 2. The van der Waals surface area contributed by atoms with E-state index in [1.165, 1.54) is 37.4 Å². The van der Waals surface area contributed by atoms with E-state index in [1.54, 1.807) is 36.4 Å². The number of halogens is 2. The first-order valence-corrected chi connectivity index (χ1v) is 12.1. The van der Waals surface area contributed by atoms with E-state index in [9.17, 15) is 24.1 Å². The first-order valence-electron chi connectivity index (χ1n) is 10.5. The van der Waals surface area contributed by atoms with Gasteiger partial charge in [0, 0.05) is 22.2 Å². The molecule has 1 saturated heterocycles. The number of thioether (sulfide) groups is 1. The van der Waals surface area contributed by atoms with E-state index < -0.39 is 21.9 Å². The second kappa shape index (κ2) is 10.9. The predicted octanol–water partition coefficient (Wildman–Crippen LogP) is 6.32. The molecule has 11 heteroatoms. The van der Waals surface area contributed by atoms with Crippen LogP contribution >= 0.6 is 27.7 Å². The van der Waals surface area contributed by atoms with Gasteiger partial charge in [-0.2, -0.15) is 0 Å². The van der Waals surface area contributed by atoms with E-state index in [0.717, 1.165) is 22.2 Å². The summed E-state index contributed by atoms with van der Waals surface area (Å²) < 4.78 is 25.9. The molecule has 1 heterocycles. The van der Waals surface area contributed by atoms with Crippen molar-refractivity contribution in [2.24, 2.45) is 0 Å². The van der Waals surface area contributed by atoms with Crippen LogP contribution in [-0.4, -0.2) is 28.1 Å². The van der Waals surface area contributed by atoms with E-state index in [-0.39, 0.29) is 29.3 Å². The van der Waals surface area contributed by atoms with Crippen molar-refractivity contribution in [2.75, 3.05) is 7.11 Å². The van der Waals surface area contributed by atoms with Crippen molar-refractivity contribution in [3.63, 3.8) is 0 Å². The Morgan fingerprint density at radius 2 is 1.83 bits per heavy atom. The minimum absolute atomic E-state index is 0.0123. The van der Waals surface area contributed by atoms with Crippen molar-refractivity contribution >= 4 is 50.6 Å². The molecule has 0 radical (unpaired) electrons. The summed E-state index contributed by atoms with van der Waals surface area (Å²) in [6.45, 7) is -0.0103. The Hall–Kier alpha value is -3.70. The molecule has 184 valence electrons. The number of carbonyl (C=O) groups excluding carboxylic acids is 2. The lowest BCUT2D eigenvalue weighted by Crippen LogP contribution is -2.27. The molecular weight excluding hydrogens is 555 g/mol. The van der Waals surface area contributed by atoms with Gasteiger partial charge in [-0.1, -0.05) is 34.1 Å². The number of hydrogen-bond donors (Lipinski definition) is 0. The smallest absolute Gasteiger partial charge is 0.293 e. The zero-order chi connectivity index (χ0) is 25.8. The number of rotatable bonds is 8. The molecule has 2 amide bonds. The topological polar surface area (TPSA) is 99.0 Å². The molecule has 8 nitrogen and oxygen atoms in total. The molecule has 1 aliphatic rings. The van der Waals surface area contributed by atoms with Crippen molar-refractivity contribution in [3.05, 3.63) is 103 Å². The fraction of sp³-hybridized carbons (Fsp3) is 0.120. The number of non-ortho nitro benzene ring substituents is 1. The maximum atomic E-state index is 14.0. The number of hydrogen-bond acceptors (Lipinski definition) is 7. The van der Waals surface area contributed by atoms with Gasteiger partial charge in [-0.05, 0) is 59.3 Å². The Balaban J connectivity index is 1.52. The van der Waals surface area contributed by atoms with Crippen molar-refractivity contribution < 1.29 is 28.4 Å². The van der Waals surface area contributed by atoms with E-state index in [4.69, 9.17) is 9.47 Å². The third-order valence-corrected chi connectivity index (χ3v) is 6.87. The molecule has 0 spiro atoms. The van der Waals surface area contributed by atoms with Gasteiger partial charge in [0.15, 0.2) is 11.5 Å². The molecule has 3 aromatic rings. The van der Waals surface area contributed by atoms with Crippen molar-refractivity contribution in [2.45, 2.75) is 13.2 Å². The van der Waals surface area contributed by atoms with Crippen LogP contribution < -0.4 is 9.47 Å². The van der Waals surface area contributed by atoms with Crippen LogP contribution in [0.1, 0.15) is 16.7 Å². The fourth-order valence-corrected chi connectivity index (χ4v) is 4.65. The van der Waals surface area contributed by atoms with Crippen LogP contribution in [-0.2, 0) is 17.9 Å². The zero-order valence-corrected chi connectivity index (χ0v) is 21.2. The molecule has 1 fully saturated rings. The van der Waals surface area contributed by atoms with Gasteiger partial charge in [0.25, 0.3) is 16.8 Å². The lowest BCUT2D eigenvalue weighted by Gasteiger charge is -2.14. The number of benzene rings is 3. The van der Waals surface area contributed by atoms with Gasteiger partial charge in [-0.3, -0.25) is 24.6 Å². The number of ether oxygens (including phenoxy) is 2. The minimum atomic E-state index is -0.516. The van der Waals surface area contributed by atoms with Crippen LogP contribution in [0.3, 0.4) is 0 Å². The quantitative estimate of drug-likeness (QED) is 0.177. The van der Waals surface area contributed by atoms with Crippen LogP contribution in [0.15, 0.2) is 70.0 Å². The molecule has 36 heavy (non-hydrogen) atoms. The molecule has 0 unspecified atom stereocenters. The highest BCUT2D eigenvalue weighted by molar-refractivity contribution is 9.10. The highest BCUT2D eigenvalue weighted by Crippen LogP contribution is 2.38. The highest BCUT2D eigenvalue weighted by atomic mass is 79.9. The second-order valence-corrected chi connectivity index (χ2v) is 9.44. The van der Waals surface area contributed by atoms with E-state index >= 15 is 0 Å². The zero-order valence-electron chi connectivity index (χ0n) is 18.8. The molecular formula is C25H18BrFN2O6S. The Morgan fingerprint density at radius 1 is 1.11 bits per heavy atom. The van der Waals surface area contributed by atoms with Gasteiger partial charge in [0.2, 0.25) is 0 Å². The minimum Gasteiger partial charge on any atom is -0.493 e. The summed E-state index contributed by atoms with van der Waals surface area (Å²) in [5.41, 5.74) is 1.54. The summed E-state index contributed by atoms with van der Waals surface area (Å²) in [6.07, 6.45) is 1.55. The van der Waals surface area contributed by atoms with Crippen molar-refractivity contribution in [3.8, 4) is 11.5 Å². The number of carbonyl (C=O) groups is 2. The molecule has 0 aromatic heterocycles. The molecule has 0 N–H and O–H groups in total. The molecule has 1 aliphatic heterocycles. The summed E-state index contributed by atoms with van der Waals surface area (Å²) >= 11 is 4.23. The van der Waals surface area contributed by atoms with E-state index in [1.807, 2.05) is 0 Å². The number of nitro groups is 1.